The van der Waals surface area contributed by atoms with E-state index in [4.69, 9.17) is 14.1 Å². The molecule has 0 aliphatic carbocycles. The van der Waals surface area contributed by atoms with Gasteiger partial charge < -0.3 is 18.6 Å². The normalized spacial score (nSPS) is 11.2. The number of fused-ring (bicyclic) bond motifs is 6. The molecule has 0 spiro atoms. The van der Waals surface area contributed by atoms with E-state index >= 15 is 0 Å². The molecule has 6 nitrogen and oxygen atoms in total. The molecule has 4 aromatic heterocycles. The second kappa shape index (κ2) is 11.9. The van der Waals surface area contributed by atoms with Crippen LogP contribution in [-0.4, -0.2) is 14.5 Å². The number of para-hydroxylation sites is 3. The molecule has 0 saturated heterocycles. The van der Waals surface area contributed by atoms with Gasteiger partial charge in [0.1, 0.15) is 17.2 Å². The van der Waals surface area contributed by atoms with Crippen LogP contribution in [-0.2, 0) is 21.1 Å². The van der Waals surface area contributed by atoms with E-state index in [0.717, 1.165) is 55.5 Å². The second-order valence-electron chi connectivity index (χ2n) is 10.9. The number of hydrogen-bond donors (Lipinski definition) is 0. The molecular weight excluding hydrogens is 764 g/mol. The van der Waals surface area contributed by atoms with Gasteiger partial charge in [-0.05, 0) is 59.6 Å². The van der Waals surface area contributed by atoms with Gasteiger partial charge in [-0.1, -0.05) is 77.6 Å². The zero-order chi connectivity index (χ0) is 30.5. The molecule has 0 radical (unpaired) electrons. The summed E-state index contributed by atoms with van der Waals surface area (Å²) in [4.78, 5) is 11.4. The number of benzene rings is 5. The smallest absolute Gasteiger partial charge is 0.513 e. The van der Waals surface area contributed by atoms with E-state index in [0.29, 0.717) is 22.8 Å². The molecular formula is C40H24N4O2Pt. The van der Waals surface area contributed by atoms with Gasteiger partial charge in [0.15, 0.2) is 0 Å². The van der Waals surface area contributed by atoms with Crippen molar-refractivity contribution >= 4 is 60.9 Å². The van der Waals surface area contributed by atoms with Crippen LogP contribution in [0.15, 0.2) is 150 Å². The Morgan fingerprint density at radius 1 is 0.617 bits per heavy atom. The van der Waals surface area contributed by atoms with Crippen molar-refractivity contribution in [2.75, 3.05) is 4.90 Å². The summed E-state index contributed by atoms with van der Waals surface area (Å²) >= 11 is 0. The van der Waals surface area contributed by atoms with Crippen LogP contribution in [0.3, 0.4) is 0 Å². The Hall–Kier alpha value is -5.71. The van der Waals surface area contributed by atoms with Gasteiger partial charge >= 0.3 is 21.1 Å². The van der Waals surface area contributed by atoms with Crippen molar-refractivity contribution in [2.45, 2.75) is 0 Å². The molecule has 0 unspecified atom stereocenters. The Morgan fingerprint density at radius 2 is 1.36 bits per heavy atom. The maximum absolute atomic E-state index is 6.63. The largest absolute Gasteiger partial charge is 2.00 e. The van der Waals surface area contributed by atoms with Crippen LogP contribution < -0.4 is 9.64 Å². The first-order valence-electron chi connectivity index (χ1n) is 15.0. The average Bonchev–Trinajstić information content (AvgIpc) is 3.65. The first kappa shape index (κ1) is 28.7. The molecule has 0 atom stereocenters. The minimum atomic E-state index is 0. The van der Waals surface area contributed by atoms with Crippen molar-refractivity contribution in [3.8, 4) is 17.3 Å². The van der Waals surface area contributed by atoms with E-state index in [1.165, 1.54) is 0 Å². The maximum atomic E-state index is 6.63. The molecule has 9 rings (SSSR count). The number of anilines is 3. The Labute approximate surface area is 284 Å². The second-order valence-corrected chi connectivity index (χ2v) is 10.9. The number of ether oxygens (including phenoxy) is 1. The number of aromatic nitrogens is 3. The molecule has 5 aromatic carbocycles. The molecule has 0 bridgehead atoms. The predicted octanol–water partition coefficient (Wildman–Crippen LogP) is 10.3. The summed E-state index contributed by atoms with van der Waals surface area (Å²) in [5, 5.41) is 4.10. The van der Waals surface area contributed by atoms with Crippen LogP contribution in [0.1, 0.15) is 0 Å². The van der Waals surface area contributed by atoms with Crippen molar-refractivity contribution in [1.82, 2.24) is 14.5 Å². The van der Waals surface area contributed by atoms with Gasteiger partial charge in [-0.3, -0.25) is 0 Å². The summed E-state index contributed by atoms with van der Waals surface area (Å²) in [6, 6.07) is 51.3. The predicted molar refractivity (Wildman–Crippen MR) is 183 cm³/mol. The van der Waals surface area contributed by atoms with Crippen molar-refractivity contribution in [1.29, 1.82) is 0 Å². The molecule has 0 fully saturated rings. The molecule has 47 heavy (non-hydrogen) atoms. The Morgan fingerprint density at radius 3 is 2.17 bits per heavy atom. The first-order valence-corrected chi connectivity index (χ1v) is 15.0. The van der Waals surface area contributed by atoms with E-state index in [-0.39, 0.29) is 21.1 Å². The minimum absolute atomic E-state index is 0. The average molecular weight is 788 g/mol. The number of nitrogens with zero attached hydrogens (tertiary/aromatic N) is 4. The summed E-state index contributed by atoms with van der Waals surface area (Å²) in [6.45, 7) is 0. The minimum Gasteiger partial charge on any atom is -0.513 e. The van der Waals surface area contributed by atoms with E-state index in [2.05, 4.69) is 52.0 Å². The fourth-order valence-corrected chi connectivity index (χ4v) is 6.15. The summed E-state index contributed by atoms with van der Waals surface area (Å²) in [7, 11) is 0. The van der Waals surface area contributed by atoms with Crippen molar-refractivity contribution in [3.05, 3.63) is 158 Å². The summed E-state index contributed by atoms with van der Waals surface area (Å²) < 4.78 is 15.2. The topological polar surface area (TPSA) is 56.3 Å². The summed E-state index contributed by atoms with van der Waals surface area (Å²) in [6.07, 6.45) is 3.59. The fourth-order valence-electron chi connectivity index (χ4n) is 6.15. The molecule has 226 valence electrons. The van der Waals surface area contributed by atoms with E-state index in [1.807, 2.05) is 108 Å². The van der Waals surface area contributed by atoms with E-state index in [9.17, 15) is 0 Å². The summed E-state index contributed by atoms with van der Waals surface area (Å²) in [5.74, 6) is 2.64. The third kappa shape index (κ3) is 4.94. The fraction of sp³-hybridized carbons (Fsp3) is 0. The van der Waals surface area contributed by atoms with Gasteiger partial charge in [-0.2, -0.15) is 6.07 Å². The van der Waals surface area contributed by atoms with E-state index in [1.54, 1.807) is 12.4 Å². The molecule has 7 heteroatoms. The van der Waals surface area contributed by atoms with Crippen LogP contribution in [0.25, 0.3) is 49.6 Å². The van der Waals surface area contributed by atoms with Gasteiger partial charge in [0, 0.05) is 46.1 Å². The number of rotatable bonds is 6. The number of furan rings is 1. The van der Waals surface area contributed by atoms with Gasteiger partial charge in [-0.25, -0.2) is 9.97 Å². The van der Waals surface area contributed by atoms with Crippen molar-refractivity contribution in [2.24, 2.45) is 0 Å². The third-order valence-corrected chi connectivity index (χ3v) is 8.14. The van der Waals surface area contributed by atoms with Crippen LogP contribution >= 0.6 is 0 Å². The van der Waals surface area contributed by atoms with Crippen LogP contribution in [0.5, 0.6) is 11.5 Å². The molecule has 4 heterocycles. The molecule has 0 amide bonds. The Kier molecular flexibility index (Phi) is 7.28. The van der Waals surface area contributed by atoms with Crippen molar-refractivity contribution < 1.29 is 30.2 Å². The van der Waals surface area contributed by atoms with Crippen LogP contribution in [0.2, 0.25) is 0 Å². The zero-order valence-corrected chi connectivity index (χ0v) is 27.1. The maximum Gasteiger partial charge on any atom is 2.00 e. The molecule has 0 saturated carbocycles. The molecule has 9 aromatic rings. The number of pyridine rings is 2. The quantitative estimate of drug-likeness (QED) is 0.157. The van der Waals surface area contributed by atoms with Gasteiger partial charge in [0.05, 0.1) is 0 Å². The zero-order valence-electron chi connectivity index (χ0n) is 24.8. The number of hydrogen-bond acceptors (Lipinski definition) is 5. The van der Waals surface area contributed by atoms with Gasteiger partial charge in [0.25, 0.3) is 0 Å². The standard InChI is InChI=1S/C40H24N4O2.Pt/c1-2-12-27(13-3-1)43(38-18-8-10-22-41-38)36-26-29(24-33-32-15-5-7-17-37(32)46-40(33)36)45-28-20-21-31-30-14-4-6-16-34(30)44(35(31)25-28)39-19-9-11-23-42-39;/h1-24H;/q-2;+2. The van der Waals surface area contributed by atoms with Crippen molar-refractivity contribution in [3.63, 3.8) is 0 Å². The van der Waals surface area contributed by atoms with E-state index < -0.39 is 0 Å². The van der Waals surface area contributed by atoms with Crippen LogP contribution in [0, 0.1) is 12.1 Å². The molecule has 0 aliphatic rings. The SMILES string of the molecule is [Pt+2].[c-]1c(Oc2[c-]c3c(cc2)c2ccccc2n3-c2ccccn2)cc2c(oc3ccccc32)c1N(c1ccccc1)c1ccccn1. The molecule has 0 aliphatic heterocycles. The monoisotopic (exact) mass is 787 g/mol. The molecule has 0 N–H and O–H groups in total. The first-order chi connectivity index (χ1) is 22.8. The third-order valence-electron chi connectivity index (χ3n) is 8.14. The Bertz CT molecular complexity index is 2470. The summed E-state index contributed by atoms with van der Waals surface area (Å²) in [5.41, 5.74) is 5.02. The van der Waals surface area contributed by atoms with Crippen LogP contribution in [0.4, 0.5) is 17.2 Å². The van der Waals surface area contributed by atoms with Gasteiger partial charge in [-0.15, -0.1) is 29.7 Å². The Balaban J connectivity index is 0.00000324. The van der Waals surface area contributed by atoms with Gasteiger partial charge in [0.2, 0.25) is 0 Å².